The van der Waals surface area contributed by atoms with Crippen molar-refractivity contribution in [2.45, 2.75) is 32.9 Å². The van der Waals surface area contributed by atoms with Crippen LogP contribution in [0.3, 0.4) is 0 Å². The number of carbonyl (C=O) groups is 2. The Morgan fingerprint density at radius 3 is 2.35 bits per heavy atom. The third-order valence-electron chi connectivity index (χ3n) is 2.67. The summed E-state index contributed by atoms with van der Waals surface area (Å²) in [4.78, 5) is 24.0. The minimum atomic E-state index is -0.617. The molecule has 1 aromatic carbocycles. The molecule has 1 atom stereocenters. The average Bonchev–Trinajstić information content (AvgIpc) is 2.37. The number of carbonyl (C=O) groups excluding carboxylic acids is 2. The van der Waals surface area contributed by atoms with E-state index < -0.39 is 6.04 Å². The standard InChI is InChI=1S/C14H20ClN3O2/c1-8(2)17-13(19)9(3)18-14(20)11-7-10(15)5-6-12(11)16-4/h5-9,16H,1-4H3,(H,17,19)(H,18,20). The summed E-state index contributed by atoms with van der Waals surface area (Å²) >= 11 is 5.90. The Morgan fingerprint density at radius 2 is 1.80 bits per heavy atom. The molecule has 0 radical (unpaired) electrons. The fourth-order valence-electron chi connectivity index (χ4n) is 1.67. The zero-order chi connectivity index (χ0) is 15.3. The minimum absolute atomic E-state index is 0.0286. The van der Waals surface area contributed by atoms with Crippen molar-refractivity contribution < 1.29 is 9.59 Å². The predicted octanol–water partition coefficient (Wildman–Crippen LogP) is 2.02. The highest BCUT2D eigenvalue weighted by Crippen LogP contribution is 2.20. The van der Waals surface area contributed by atoms with Gasteiger partial charge in [-0.2, -0.15) is 0 Å². The molecule has 1 rings (SSSR count). The molecule has 1 aromatic rings. The van der Waals surface area contributed by atoms with Gasteiger partial charge >= 0.3 is 0 Å². The van der Waals surface area contributed by atoms with Crippen molar-refractivity contribution in [3.63, 3.8) is 0 Å². The number of benzene rings is 1. The lowest BCUT2D eigenvalue weighted by molar-refractivity contribution is -0.123. The number of halogens is 1. The summed E-state index contributed by atoms with van der Waals surface area (Å²) in [6.07, 6.45) is 0. The van der Waals surface area contributed by atoms with Crippen molar-refractivity contribution in [3.05, 3.63) is 28.8 Å². The maximum Gasteiger partial charge on any atom is 0.254 e. The Bertz CT molecular complexity index is 503. The van der Waals surface area contributed by atoms with Crippen molar-refractivity contribution in [1.82, 2.24) is 10.6 Å². The highest BCUT2D eigenvalue weighted by atomic mass is 35.5. The maximum absolute atomic E-state index is 12.2. The number of hydrogen-bond acceptors (Lipinski definition) is 3. The van der Waals surface area contributed by atoms with Crippen molar-refractivity contribution in [3.8, 4) is 0 Å². The van der Waals surface area contributed by atoms with Crippen LogP contribution < -0.4 is 16.0 Å². The van der Waals surface area contributed by atoms with Crippen molar-refractivity contribution in [1.29, 1.82) is 0 Å². The second-order valence-electron chi connectivity index (χ2n) is 4.80. The molecule has 2 amide bonds. The molecule has 0 heterocycles. The van der Waals surface area contributed by atoms with Crippen LogP contribution in [-0.4, -0.2) is 30.9 Å². The molecule has 20 heavy (non-hydrogen) atoms. The van der Waals surface area contributed by atoms with Gasteiger partial charge in [-0.3, -0.25) is 9.59 Å². The average molecular weight is 298 g/mol. The smallest absolute Gasteiger partial charge is 0.254 e. The highest BCUT2D eigenvalue weighted by Gasteiger charge is 2.19. The highest BCUT2D eigenvalue weighted by molar-refractivity contribution is 6.31. The van der Waals surface area contributed by atoms with E-state index in [2.05, 4.69) is 16.0 Å². The van der Waals surface area contributed by atoms with Crippen LogP contribution >= 0.6 is 11.6 Å². The second-order valence-corrected chi connectivity index (χ2v) is 5.23. The molecular formula is C14H20ClN3O2. The van der Waals surface area contributed by atoms with Crippen LogP contribution in [0.25, 0.3) is 0 Å². The van der Waals surface area contributed by atoms with Gasteiger partial charge in [-0.15, -0.1) is 0 Å². The zero-order valence-electron chi connectivity index (χ0n) is 12.1. The minimum Gasteiger partial charge on any atom is -0.387 e. The molecule has 6 heteroatoms. The molecule has 0 spiro atoms. The SMILES string of the molecule is CNc1ccc(Cl)cc1C(=O)NC(C)C(=O)NC(C)C. The quantitative estimate of drug-likeness (QED) is 0.779. The van der Waals surface area contributed by atoms with Crippen LogP contribution in [-0.2, 0) is 4.79 Å². The number of hydrogen-bond donors (Lipinski definition) is 3. The van der Waals surface area contributed by atoms with Crippen molar-refractivity contribution >= 4 is 29.1 Å². The Kier molecular flexibility index (Phi) is 5.82. The first kappa shape index (κ1) is 16.3. The Morgan fingerprint density at radius 1 is 1.15 bits per heavy atom. The van der Waals surface area contributed by atoms with E-state index in [9.17, 15) is 9.59 Å². The van der Waals surface area contributed by atoms with Gasteiger partial charge in [0, 0.05) is 23.8 Å². The van der Waals surface area contributed by atoms with E-state index in [4.69, 9.17) is 11.6 Å². The first-order valence-electron chi connectivity index (χ1n) is 6.43. The summed E-state index contributed by atoms with van der Waals surface area (Å²) in [5.74, 6) is -0.565. The molecule has 0 fully saturated rings. The van der Waals surface area contributed by atoms with E-state index in [1.54, 1.807) is 32.2 Å². The lowest BCUT2D eigenvalue weighted by Gasteiger charge is -2.17. The van der Waals surface area contributed by atoms with Gasteiger partial charge in [-0.25, -0.2) is 0 Å². The molecule has 1 unspecified atom stereocenters. The monoisotopic (exact) mass is 297 g/mol. The third-order valence-corrected chi connectivity index (χ3v) is 2.90. The van der Waals surface area contributed by atoms with E-state index in [1.165, 1.54) is 0 Å². The number of nitrogens with one attached hydrogen (secondary N) is 3. The molecule has 0 aliphatic heterocycles. The van der Waals surface area contributed by atoms with Crippen LogP contribution in [0.4, 0.5) is 5.69 Å². The Balaban J connectivity index is 2.81. The van der Waals surface area contributed by atoms with E-state index in [0.29, 0.717) is 16.3 Å². The molecular weight excluding hydrogens is 278 g/mol. The lowest BCUT2D eigenvalue weighted by atomic mass is 10.1. The summed E-state index contributed by atoms with van der Waals surface area (Å²) in [6.45, 7) is 5.37. The van der Waals surface area contributed by atoms with Gasteiger partial charge in [0.05, 0.1) is 5.56 Å². The van der Waals surface area contributed by atoms with Gasteiger partial charge in [-0.1, -0.05) is 11.6 Å². The molecule has 0 bridgehead atoms. The lowest BCUT2D eigenvalue weighted by Crippen LogP contribution is -2.46. The van der Waals surface area contributed by atoms with Crippen LogP contribution in [0.1, 0.15) is 31.1 Å². The van der Waals surface area contributed by atoms with Crippen LogP contribution in [0, 0.1) is 0 Å². The molecule has 0 aliphatic rings. The van der Waals surface area contributed by atoms with Crippen molar-refractivity contribution in [2.24, 2.45) is 0 Å². The van der Waals surface area contributed by atoms with E-state index in [0.717, 1.165) is 0 Å². The van der Waals surface area contributed by atoms with E-state index in [-0.39, 0.29) is 17.9 Å². The maximum atomic E-state index is 12.2. The van der Waals surface area contributed by atoms with E-state index >= 15 is 0 Å². The predicted molar refractivity (Wildman–Crippen MR) is 81.2 cm³/mol. The number of amides is 2. The van der Waals surface area contributed by atoms with Gasteiger partial charge in [0.2, 0.25) is 5.91 Å². The Hall–Kier alpha value is -1.75. The van der Waals surface area contributed by atoms with E-state index in [1.807, 2.05) is 13.8 Å². The zero-order valence-corrected chi connectivity index (χ0v) is 12.8. The summed E-state index contributed by atoms with van der Waals surface area (Å²) in [6, 6.07) is 4.39. The van der Waals surface area contributed by atoms with Gasteiger partial charge < -0.3 is 16.0 Å². The first-order chi connectivity index (χ1) is 9.35. The first-order valence-corrected chi connectivity index (χ1v) is 6.81. The summed E-state index contributed by atoms with van der Waals surface area (Å²) in [5.41, 5.74) is 1.06. The summed E-state index contributed by atoms with van der Waals surface area (Å²) in [7, 11) is 1.72. The summed E-state index contributed by atoms with van der Waals surface area (Å²) < 4.78 is 0. The molecule has 0 aliphatic carbocycles. The molecule has 5 nitrogen and oxygen atoms in total. The normalized spacial score (nSPS) is 11.9. The fourth-order valence-corrected chi connectivity index (χ4v) is 1.84. The van der Waals surface area contributed by atoms with Gasteiger partial charge in [-0.05, 0) is 39.0 Å². The molecule has 0 saturated carbocycles. The largest absolute Gasteiger partial charge is 0.387 e. The fraction of sp³-hybridized carbons (Fsp3) is 0.429. The topological polar surface area (TPSA) is 70.2 Å². The van der Waals surface area contributed by atoms with Gasteiger partial charge in [0.15, 0.2) is 0 Å². The van der Waals surface area contributed by atoms with Crippen molar-refractivity contribution in [2.75, 3.05) is 12.4 Å². The van der Waals surface area contributed by atoms with Crippen LogP contribution in [0.15, 0.2) is 18.2 Å². The molecule has 3 N–H and O–H groups in total. The second kappa shape index (κ2) is 7.14. The Labute approximate surface area is 124 Å². The van der Waals surface area contributed by atoms with Gasteiger partial charge in [0.1, 0.15) is 6.04 Å². The number of rotatable bonds is 5. The van der Waals surface area contributed by atoms with Crippen LogP contribution in [0.5, 0.6) is 0 Å². The van der Waals surface area contributed by atoms with Crippen LogP contribution in [0.2, 0.25) is 5.02 Å². The molecule has 110 valence electrons. The molecule has 0 aromatic heterocycles. The number of anilines is 1. The third kappa shape index (κ3) is 4.42. The summed E-state index contributed by atoms with van der Waals surface area (Å²) in [5, 5.41) is 8.78. The van der Waals surface area contributed by atoms with Gasteiger partial charge in [0.25, 0.3) is 5.91 Å². The molecule has 0 saturated heterocycles.